The smallest absolute Gasteiger partial charge is 0.251 e. The lowest BCUT2D eigenvalue weighted by molar-refractivity contribution is -0.131. The maximum Gasteiger partial charge on any atom is 0.251 e. The molecule has 1 aromatic carbocycles. The average Bonchev–Trinajstić information content (AvgIpc) is 2.55. The maximum atomic E-state index is 11.9. The van der Waals surface area contributed by atoms with Crippen molar-refractivity contribution < 1.29 is 9.59 Å². The highest BCUT2D eigenvalue weighted by Crippen LogP contribution is 2.09. The summed E-state index contributed by atoms with van der Waals surface area (Å²) in [5.74, 6) is -0.153. The second kappa shape index (κ2) is 7.44. The molecule has 5 heteroatoms. The lowest BCUT2D eigenvalue weighted by Crippen LogP contribution is -2.37. The minimum Gasteiger partial charge on any atom is -0.352 e. The first-order valence-electron chi connectivity index (χ1n) is 7.27. The molecule has 1 aromatic rings. The van der Waals surface area contributed by atoms with Crippen molar-refractivity contribution in [3.05, 3.63) is 35.4 Å². The van der Waals surface area contributed by atoms with Gasteiger partial charge in [-0.1, -0.05) is 6.07 Å². The van der Waals surface area contributed by atoms with Gasteiger partial charge < -0.3 is 10.2 Å². The Bertz CT molecular complexity index is 557. The van der Waals surface area contributed by atoms with Crippen LogP contribution in [0.25, 0.3) is 0 Å². The first-order chi connectivity index (χ1) is 10.2. The molecule has 1 aliphatic rings. The number of nitrogens with zero attached hydrogens (tertiary/aromatic N) is 2. The largest absolute Gasteiger partial charge is 0.352 e. The monoisotopic (exact) mass is 285 g/mol. The van der Waals surface area contributed by atoms with Gasteiger partial charge in [0.25, 0.3) is 5.91 Å². The molecule has 5 nitrogen and oxygen atoms in total. The zero-order chi connectivity index (χ0) is 15.1. The third-order valence-corrected chi connectivity index (χ3v) is 3.59. The highest BCUT2D eigenvalue weighted by Gasteiger charge is 2.16. The first kappa shape index (κ1) is 15.0. The number of piperidine rings is 1. The Balaban J connectivity index is 1.78. The molecule has 1 N–H and O–H groups in total. The fourth-order valence-electron chi connectivity index (χ4n) is 2.42. The number of carbonyl (C=O) groups is 2. The summed E-state index contributed by atoms with van der Waals surface area (Å²) >= 11 is 0. The van der Waals surface area contributed by atoms with Crippen LogP contribution in [0.4, 0.5) is 0 Å². The third-order valence-electron chi connectivity index (χ3n) is 3.59. The van der Waals surface area contributed by atoms with Gasteiger partial charge in [0, 0.05) is 31.6 Å². The number of rotatable bonds is 4. The summed E-state index contributed by atoms with van der Waals surface area (Å²) in [7, 11) is 0. The normalized spacial score (nSPS) is 14.3. The molecular weight excluding hydrogens is 266 g/mol. The van der Waals surface area contributed by atoms with Gasteiger partial charge in [0.05, 0.1) is 11.6 Å². The Labute approximate surface area is 124 Å². The molecule has 1 aliphatic heterocycles. The van der Waals surface area contributed by atoms with Crippen LogP contribution in [-0.2, 0) is 4.79 Å². The number of benzene rings is 1. The van der Waals surface area contributed by atoms with Crippen LogP contribution in [0.2, 0.25) is 0 Å². The van der Waals surface area contributed by atoms with E-state index in [0.29, 0.717) is 24.1 Å². The Kier molecular flexibility index (Phi) is 5.33. The highest BCUT2D eigenvalue weighted by molar-refractivity contribution is 5.94. The van der Waals surface area contributed by atoms with Crippen LogP contribution in [0.5, 0.6) is 0 Å². The van der Waals surface area contributed by atoms with Gasteiger partial charge in [-0.2, -0.15) is 5.26 Å². The van der Waals surface area contributed by atoms with Crippen LogP contribution in [0.1, 0.15) is 41.6 Å². The molecule has 0 saturated carbocycles. The Morgan fingerprint density at radius 2 is 2.00 bits per heavy atom. The zero-order valence-electron chi connectivity index (χ0n) is 12.0. The van der Waals surface area contributed by atoms with Crippen molar-refractivity contribution >= 4 is 11.8 Å². The number of nitriles is 1. The molecule has 2 amide bonds. The van der Waals surface area contributed by atoms with Crippen LogP contribution in [0.15, 0.2) is 24.3 Å². The molecule has 0 unspecified atom stereocenters. The molecular formula is C16H19N3O2. The molecule has 1 saturated heterocycles. The number of hydrogen-bond acceptors (Lipinski definition) is 3. The van der Waals surface area contributed by atoms with E-state index in [2.05, 4.69) is 5.32 Å². The van der Waals surface area contributed by atoms with Gasteiger partial charge in [-0.3, -0.25) is 9.59 Å². The lowest BCUT2D eigenvalue weighted by atomic mass is 10.1. The minimum absolute atomic E-state index is 0.0979. The average molecular weight is 285 g/mol. The van der Waals surface area contributed by atoms with Crippen LogP contribution < -0.4 is 5.32 Å². The number of nitrogens with one attached hydrogen (secondary N) is 1. The Morgan fingerprint density at radius 1 is 1.24 bits per heavy atom. The van der Waals surface area contributed by atoms with Crippen molar-refractivity contribution in [3.63, 3.8) is 0 Å². The summed E-state index contributed by atoms with van der Waals surface area (Å²) in [6, 6.07) is 8.52. The topological polar surface area (TPSA) is 73.2 Å². The molecule has 110 valence electrons. The summed E-state index contributed by atoms with van der Waals surface area (Å²) in [5.41, 5.74) is 0.895. The molecule has 0 aromatic heterocycles. The van der Waals surface area contributed by atoms with Gasteiger partial charge in [-0.05, 0) is 37.5 Å². The summed E-state index contributed by atoms with van der Waals surface area (Å²) in [5, 5.41) is 11.5. The summed E-state index contributed by atoms with van der Waals surface area (Å²) in [6.07, 6.45) is 3.65. The van der Waals surface area contributed by atoms with Crippen molar-refractivity contribution in [2.75, 3.05) is 19.6 Å². The standard InChI is InChI=1S/C16H19N3O2/c17-12-13-5-4-6-14(11-13)16(21)18-8-7-15(20)19-9-2-1-3-10-19/h4-6,11H,1-3,7-10H2,(H,18,21). The van der Waals surface area contributed by atoms with E-state index in [1.54, 1.807) is 24.3 Å². The van der Waals surface area contributed by atoms with Crippen molar-refractivity contribution in [2.24, 2.45) is 0 Å². The molecule has 0 radical (unpaired) electrons. The Morgan fingerprint density at radius 3 is 2.71 bits per heavy atom. The molecule has 2 rings (SSSR count). The predicted molar refractivity (Wildman–Crippen MR) is 78.5 cm³/mol. The molecule has 1 heterocycles. The summed E-state index contributed by atoms with van der Waals surface area (Å²) in [6.45, 7) is 1.99. The Hall–Kier alpha value is -2.35. The van der Waals surface area contributed by atoms with Crippen molar-refractivity contribution in [3.8, 4) is 6.07 Å². The molecule has 0 bridgehead atoms. The van der Waals surface area contributed by atoms with E-state index in [4.69, 9.17) is 5.26 Å². The van der Waals surface area contributed by atoms with E-state index in [1.807, 2.05) is 11.0 Å². The second-order valence-corrected chi connectivity index (χ2v) is 5.14. The predicted octanol–water partition coefficient (Wildman–Crippen LogP) is 1.69. The summed E-state index contributed by atoms with van der Waals surface area (Å²) < 4.78 is 0. The van der Waals surface area contributed by atoms with Crippen molar-refractivity contribution in [1.29, 1.82) is 5.26 Å². The number of hydrogen-bond donors (Lipinski definition) is 1. The van der Waals surface area contributed by atoms with Gasteiger partial charge in [0.15, 0.2) is 0 Å². The minimum atomic E-state index is -0.251. The van der Waals surface area contributed by atoms with Crippen LogP contribution in [0, 0.1) is 11.3 Å². The second-order valence-electron chi connectivity index (χ2n) is 5.14. The number of carbonyl (C=O) groups excluding carboxylic acids is 2. The van der Waals surface area contributed by atoms with E-state index >= 15 is 0 Å². The lowest BCUT2D eigenvalue weighted by Gasteiger charge is -2.26. The molecule has 0 spiro atoms. The van der Waals surface area contributed by atoms with Crippen LogP contribution >= 0.6 is 0 Å². The third kappa shape index (κ3) is 4.32. The van der Waals surface area contributed by atoms with Gasteiger partial charge in [0.2, 0.25) is 5.91 Å². The van der Waals surface area contributed by atoms with Crippen LogP contribution in [-0.4, -0.2) is 36.3 Å². The zero-order valence-corrected chi connectivity index (χ0v) is 12.0. The van der Waals surface area contributed by atoms with E-state index in [9.17, 15) is 9.59 Å². The van der Waals surface area contributed by atoms with Crippen LogP contribution in [0.3, 0.4) is 0 Å². The molecule has 0 aliphatic carbocycles. The summed E-state index contributed by atoms with van der Waals surface area (Å²) in [4.78, 5) is 25.7. The van der Waals surface area contributed by atoms with Gasteiger partial charge in [-0.25, -0.2) is 0 Å². The fraction of sp³-hybridized carbons (Fsp3) is 0.438. The van der Waals surface area contributed by atoms with E-state index in [0.717, 1.165) is 25.9 Å². The number of likely N-dealkylation sites (tertiary alicyclic amines) is 1. The number of amides is 2. The molecule has 1 fully saturated rings. The molecule has 21 heavy (non-hydrogen) atoms. The maximum absolute atomic E-state index is 11.9. The molecule has 0 atom stereocenters. The fourth-order valence-corrected chi connectivity index (χ4v) is 2.42. The van der Waals surface area contributed by atoms with Gasteiger partial charge in [-0.15, -0.1) is 0 Å². The van der Waals surface area contributed by atoms with Gasteiger partial charge in [0.1, 0.15) is 0 Å². The first-order valence-corrected chi connectivity index (χ1v) is 7.27. The SMILES string of the molecule is N#Cc1cccc(C(=O)NCCC(=O)N2CCCCC2)c1. The van der Waals surface area contributed by atoms with E-state index in [1.165, 1.54) is 6.42 Å². The quantitative estimate of drug-likeness (QED) is 0.915. The van der Waals surface area contributed by atoms with E-state index < -0.39 is 0 Å². The highest BCUT2D eigenvalue weighted by atomic mass is 16.2. The van der Waals surface area contributed by atoms with Gasteiger partial charge >= 0.3 is 0 Å². The van der Waals surface area contributed by atoms with E-state index in [-0.39, 0.29) is 11.8 Å². The van der Waals surface area contributed by atoms with Crippen molar-refractivity contribution in [2.45, 2.75) is 25.7 Å². The van der Waals surface area contributed by atoms with Crippen molar-refractivity contribution in [1.82, 2.24) is 10.2 Å².